The van der Waals surface area contributed by atoms with Gasteiger partial charge in [-0.2, -0.15) is 0 Å². The third-order valence-corrected chi connectivity index (χ3v) is 4.81. The highest BCUT2D eigenvalue weighted by Crippen LogP contribution is 2.28. The SMILES string of the molecule is CCNC(=NCCCc1ccc(OC)c(OCC)c1)NCCCN1CCOCC1. The number of aryl methyl sites for hydroxylation is 1. The van der Waals surface area contributed by atoms with Crippen LogP contribution in [0.5, 0.6) is 11.5 Å². The predicted molar refractivity (Wildman–Crippen MR) is 118 cm³/mol. The molecule has 0 aliphatic carbocycles. The molecular weight excluding hydrogens is 368 g/mol. The highest BCUT2D eigenvalue weighted by Gasteiger charge is 2.09. The van der Waals surface area contributed by atoms with Crippen molar-refractivity contribution in [1.82, 2.24) is 15.5 Å². The van der Waals surface area contributed by atoms with Crippen LogP contribution in [-0.4, -0.2) is 77.1 Å². The first-order chi connectivity index (χ1) is 14.3. The van der Waals surface area contributed by atoms with Crippen molar-refractivity contribution < 1.29 is 14.2 Å². The molecule has 1 aromatic rings. The summed E-state index contributed by atoms with van der Waals surface area (Å²) in [7, 11) is 1.67. The number of benzene rings is 1. The zero-order valence-electron chi connectivity index (χ0n) is 18.3. The molecule has 29 heavy (non-hydrogen) atoms. The fourth-order valence-electron chi connectivity index (χ4n) is 3.29. The van der Waals surface area contributed by atoms with E-state index in [2.05, 4.69) is 34.6 Å². The Morgan fingerprint density at radius 2 is 1.97 bits per heavy atom. The Hall–Kier alpha value is -1.99. The average molecular weight is 407 g/mol. The van der Waals surface area contributed by atoms with Crippen molar-refractivity contribution in [3.05, 3.63) is 23.8 Å². The van der Waals surface area contributed by atoms with Crippen LogP contribution in [0.25, 0.3) is 0 Å². The lowest BCUT2D eigenvalue weighted by atomic mass is 10.1. The number of nitrogens with one attached hydrogen (secondary N) is 2. The highest BCUT2D eigenvalue weighted by atomic mass is 16.5. The highest BCUT2D eigenvalue weighted by molar-refractivity contribution is 5.79. The lowest BCUT2D eigenvalue weighted by molar-refractivity contribution is 0.0376. The van der Waals surface area contributed by atoms with Crippen molar-refractivity contribution in [2.24, 2.45) is 4.99 Å². The van der Waals surface area contributed by atoms with E-state index < -0.39 is 0 Å². The van der Waals surface area contributed by atoms with Gasteiger partial charge in [0, 0.05) is 32.7 Å². The molecule has 1 saturated heterocycles. The standard InChI is InChI=1S/C22H38N4O3/c1-4-23-22(25-12-7-13-26-14-16-28-17-15-26)24-11-6-8-19-9-10-20(27-3)21(18-19)29-5-2/h9-10,18H,4-8,11-17H2,1-3H3,(H2,23,24,25). The molecule has 0 bridgehead atoms. The molecule has 2 rings (SSSR count). The van der Waals surface area contributed by atoms with Crippen molar-refractivity contribution >= 4 is 5.96 Å². The Balaban J connectivity index is 1.71. The van der Waals surface area contributed by atoms with Gasteiger partial charge in [0.2, 0.25) is 0 Å². The first-order valence-corrected chi connectivity index (χ1v) is 10.9. The predicted octanol–water partition coefficient (Wildman–Crippen LogP) is 2.30. The minimum Gasteiger partial charge on any atom is -0.493 e. The molecule has 0 atom stereocenters. The van der Waals surface area contributed by atoms with Crippen molar-refractivity contribution in [2.75, 3.05) is 66.2 Å². The van der Waals surface area contributed by atoms with Crippen LogP contribution in [0.3, 0.4) is 0 Å². The largest absolute Gasteiger partial charge is 0.493 e. The van der Waals surface area contributed by atoms with Gasteiger partial charge in [0.05, 0.1) is 26.9 Å². The monoisotopic (exact) mass is 406 g/mol. The fraction of sp³-hybridized carbons (Fsp3) is 0.682. The van der Waals surface area contributed by atoms with Gasteiger partial charge < -0.3 is 24.8 Å². The topological polar surface area (TPSA) is 67.4 Å². The van der Waals surface area contributed by atoms with Crippen molar-refractivity contribution in [1.29, 1.82) is 0 Å². The van der Waals surface area contributed by atoms with Crippen LogP contribution >= 0.6 is 0 Å². The van der Waals surface area contributed by atoms with Crippen LogP contribution in [0.15, 0.2) is 23.2 Å². The first-order valence-electron chi connectivity index (χ1n) is 10.9. The normalized spacial score (nSPS) is 15.2. The fourth-order valence-corrected chi connectivity index (χ4v) is 3.29. The number of methoxy groups -OCH3 is 1. The van der Waals surface area contributed by atoms with E-state index in [-0.39, 0.29) is 0 Å². The first kappa shape index (κ1) is 23.3. The number of ether oxygens (including phenoxy) is 3. The molecule has 0 spiro atoms. The molecule has 1 aromatic carbocycles. The summed E-state index contributed by atoms with van der Waals surface area (Å²) in [6, 6.07) is 6.14. The van der Waals surface area contributed by atoms with Gasteiger partial charge in [0.1, 0.15) is 0 Å². The van der Waals surface area contributed by atoms with E-state index >= 15 is 0 Å². The van der Waals surface area contributed by atoms with E-state index in [0.29, 0.717) is 6.61 Å². The molecule has 1 fully saturated rings. The Kier molecular flexibility index (Phi) is 11.3. The number of rotatable bonds is 12. The molecular formula is C22H38N4O3. The lowest BCUT2D eigenvalue weighted by Gasteiger charge is -2.26. The third-order valence-electron chi connectivity index (χ3n) is 4.81. The van der Waals surface area contributed by atoms with E-state index in [0.717, 1.165) is 89.2 Å². The molecule has 1 aliphatic rings. The summed E-state index contributed by atoms with van der Waals surface area (Å²) >= 11 is 0. The number of guanidine groups is 1. The second kappa shape index (κ2) is 14.1. The summed E-state index contributed by atoms with van der Waals surface area (Å²) in [5.41, 5.74) is 1.24. The molecule has 0 saturated carbocycles. The van der Waals surface area contributed by atoms with Crippen molar-refractivity contribution in [3.63, 3.8) is 0 Å². The van der Waals surface area contributed by atoms with Gasteiger partial charge in [-0.1, -0.05) is 6.07 Å². The van der Waals surface area contributed by atoms with E-state index in [9.17, 15) is 0 Å². The molecule has 1 heterocycles. The van der Waals surface area contributed by atoms with Gasteiger partial charge in [0.25, 0.3) is 0 Å². The Morgan fingerprint density at radius 1 is 1.14 bits per heavy atom. The summed E-state index contributed by atoms with van der Waals surface area (Å²) in [5.74, 6) is 2.50. The molecule has 0 radical (unpaired) electrons. The van der Waals surface area contributed by atoms with Gasteiger partial charge in [0.15, 0.2) is 17.5 Å². The average Bonchev–Trinajstić information content (AvgIpc) is 2.75. The van der Waals surface area contributed by atoms with E-state index in [1.54, 1.807) is 7.11 Å². The van der Waals surface area contributed by atoms with Gasteiger partial charge in [-0.25, -0.2) is 0 Å². The van der Waals surface area contributed by atoms with E-state index in [1.807, 2.05) is 13.0 Å². The number of aliphatic imine (C=N–C) groups is 1. The minimum atomic E-state index is 0.632. The minimum absolute atomic E-state index is 0.632. The van der Waals surface area contributed by atoms with Gasteiger partial charge >= 0.3 is 0 Å². The molecule has 164 valence electrons. The molecule has 7 heteroatoms. The van der Waals surface area contributed by atoms with Gasteiger partial charge in [-0.15, -0.1) is 0 Å². The summed E-state index contributed by atoms with van der Waals surface area (Å²) < 4.78 is 16.4. The summed E-state index contributed by atoms with van der Waals surface area (Å²) in [5, 5.41) is 6.77. The Labute approximate surface area is 175 Å². The zero-order chi connectivity index (χ0) is 20.7. The lowest BCUT2D eigenvalue weighted by Crippen LogP contribution is -2.40. The smallest absolute Gasteiger partial charge is 0.191 e. The Morgan fingerprint density at radius 3 is 2.69 bits per heavy atom. The van der Waals surface area contributed by atoms with Gasteiger partial charge in [-0.05, 0) is 57.4 Å². The number of nitrogens with zero attached hydrogens (tertiary/aromatic N) is 2. The zero-order valence-corrected chi connectivity index (χ0v) is 18.3. The quantitative estimate of drug-likeness (QED) is 0.315. The molecule has 1 aliphatic heterocycles. The molecule has 7 nitrogen and oxygen atoms in total. The second-order valence-corrected chi connectivity index (χ2v) is 7.02. The second-order valence-electron chi connectivity index (χ2n) is 7.02. The molecule has 2 N–H and O–H groups in total. The number of hydrogen-bond donors (Lipinski definition) is 2. The van der Waals surface area contributed by atoms with E-state index in [4.69, 9.17) is 19.2 Å². The van der Waals surface area contributed by atoms with Crippen molar-refractivity contribution in [2.45, 2.75) is 33.1 Å². The maximum atomic E-state index is 5.66. The number of morpholine rings is 1. The summed E-state index contributed by atoms with van der Waals surface area (Å²) in [6.45, 7) is 12.2. The van der Waals surface area contributed by atoms with E-state index in [1.165, 1.54) is 5.56 Å². The maximum absolute atomic E-state index is 5.66. The number of hydrogen-bond acceptors (Lipinski definition) is 5. The molecule has 0 aromatic heterocycles. The molecule has 0 amide bonds. The summed E-state index contributed by atoms with van der Waals surface area (Å²) in [4.78, 5) is 7.17. The summed E-state index contributed by atoms with van der Waals surface area (Å²) in [6.07, 6.45) is 3.06. The van der Waals surface area contributed by atoms with Crippen LogP contribution < -0.4 is 20.1 Å². The Bertz CT molecular complexity index is 604. The van der Waals surface area contributed by atoms with Crippen molar-refractivity contribution in [3.8, 4) is 11.5 Å². The van der Waals surface area contributed by atoms with Crippen LogP contribution in [0.4, 0.5) is 0 Å². The van der Waals surface area contributed by atoms with Crippen LogP contribution in [0, 0.1) is 0 Å². The maximum Gasteiger partial charge on any atom is 0.191 e. The third kappa shape index (κ3) is 8.92. The molecule has 0 unspecified atom stereocenters. The van der Waals surface area contributed by atoms with Crippen LogP contribution in [0.2, 0.25) is 0 Å². The van der Waals surface area contributed by atoms with Crippen LogP contribution in [0.1, 0.15) is 32.3 Å². The van der Waals surface area contributed by atoms with Crippen LogP contribution in [-0.2, 0) is 11.2 Å². The van der Waals surface area contributed by atoms with Gasteiger partial charge in [-0.3, -0.25) is 9.89 Å².